The van der Waals surface area contributed by atoms with Crippen LogP contribution in [-0.2, 0) is 11.2 Å². The van der Waals surface area contributed by atoms with E-state index >= 15 is 0 Å². The van der Waals surface area contributed by atoms with Crippen LogP contribution in [0.25, 0.3) is 0 Å². The molecule has 0 aliphatic heterocycles. The maximum absolute atomic E-state index is 11.3. The number of carbonyl (C=O) groups excluding carboxylic acids is 1. The molecule has 0 aliphatic carbocycles. The molecule has 1 aromatic heterocycles. The first kappa shape index (κ1) is 12.6. The Balaban J connectivity index is 2.20. The van der Waals surface area contributed by atoms with Crippen molar-refractivity contribution in [3.05, 3.63) is 30.1 Å². The van der Waals surface area contributed by atoms with Crippen LogP contribution in [0.1, 0.15) is 12.0 Å². The van der Waals surface area contributed by atoms with Crippen LogP contribution < -0.4 is 5.32 Å². The van der Waals surface area contributed by atoms with Crippen LogP contribution in [0.5, 0.6) is 0 Å². The number of hydrogen-bond donors (Lipinski definition) is 3. The van der Waals surface area contributed by atoms with Gasteiger partial charge in [-0.05, 0) is 18.1 Å². The van der Waals surface area contributed by atoms with Crippen molar-refractivity contribution in [3.63, 3.8) is 0 Å². The second-order valence-corrected chi connectivity index (χ2v) is 3.50. The van der Waals surface area contributed by atoms with Crippen molar-refractivity contribution in [2.45, 2.75) is 18.9 Å². The van der Waals surface area contributed by atoms with E-state index in [0.717, 1.165) is 5.56 Å². The summed E-state index contributed by atoms with van der Waals surface area (Å²) in [6, 6.07) is 3.73. The number of aliphatic hydroxyl groups excluding tert-OH is 2. The first-order valence-corrected chi connectivity index (χ1v) is 5.17. The zero-order valence-corrected chi connectivity index (χ0v) is 8.97. The van der Waals surface area contributed by atoms with Gasteiger partial charge >= 0.3 is 0 Å². The summed E-state index contributed by atoms with van der Waals surface area (Å²) in [5.74, 6) is -0.142. The maximum Gasteiger partial charge on any atom is 0.220 e. The normalized spacial score (nSPS) is 12.1. The van der Waals surface area contributed by atoms with E-state index in [4.69, 9.17) is 10.2 Å². The van der Waals surface area contributed by atoms with Crippen LogP contribution in [-0.4, -0.2) is 40.4 Å². The van der Waals surface area contributed by atoms with Crippen molar-refractivity contribution in [2.75, 3.05) is 13.2 Å². The van der Waals surface area contributed by atoms with Gasteiger partial charge in [0.2, 0.25) is 5.91 Å². The lowest BCUT2D eigenvalue weighted by Gasteiger charge is -2.08. The predicted octanol–water partition coefficient (Wildman–Crippen LogP) is -0.516. The number of rotatable bonds is 6. The Morgan fingerprint density at radius 3 is 3.00 bits per heavy atom. The molecule has 1 heterocycles. The average Bonchev–Trinajstić information content (AvgIpc) is 2.34. The zero-order chi connectivity index (χ0) is 11.8. The monoisotopic (exact) mass is 224 g/mol. The highest BCUT2D eigenvalue weighted by atomic mass is 16.3. The van der Waals surface area contributed by atoms with Gasteiger partial charge in [0.1, 0.15) is 0 Å². The van der Waals surface area contributed by atoms with Gasteiger partial charge in [-0.25, -0.2) is 0 Å². The molecule has 1 atom stereocenters. The van der Waals surface area contributed by atoms with Crippen molar-refractivity contribution < 1.29 is 15.0 Å². The van der Waals surface area contributed by atoms with E-state index in [-0.39, 0.29) is 19.1 Å². The molecule has 0 saturated carbocycles. The summed E-state index contributed by atoms with van der Waals surface area (Å²) in [6.07, 6.45) is 3.48. The number of pyridine rings is 1. The second kappa shape index (κ2) is 6.92. The van der Waals surface area contributed by atoms with E-state index in [1.54, 1.807) is 12.4 Å². The first-order chi connectivity index (χ1) is 7.72. The Morgan fingerprint density at radius 2 is 2.38 bits per heavy atom. The van der Waals surface area contributed by atoms with E-state index in [2.05, 4.69) is 10.3 Å². The van der Waals surface area contributed by atoms with Crippen LogP contribution in [0, 0.1) is 0 Å². The van der Waals surface area contributed by atoms with Gasteiger partial charge in [0.05, 0.1) is 12.7 Å². The molecule has 0 aromatic carbocycles. The van der Waals surface area contributed by atoms with Crippen LogP contribution in [0.4, 0.5) is 0 Å². The van der Waals surface area contributed by atoms with Gasteiger partial charge in [0, 0.05) is 25.4 Å². The van der Waals surface area contributed by atoms with Crippen LogP contribution in [0.15, 0.2) is 24.5 Å². The molecule has 1 amide bonds. The number of aromatic nitrogens is 1. The summed E-state index contributed by atoms with van der Waals surface area (Å²) in [6.45, 7) is -0.259. The van der Waals surface area contributed by atoms with E-state index < -0.39 is 6.10 Å². The SMILES string of the molecule is O=C(CCc1cccnc1)NCC(O)CO. The molecule has 0 fully saturated rings. The number of nitrogens with one attached hydrogen (secondary N) is 1. The molecule has 88 valence electrons. The number of aryl methyl sites for hydroxylation is 1. The Labute approximate surface area is 94.1 Å². The Hall–Kier alpha value is -1.46. The van der Waals surface area contributed by atoms with Gasteiger partial charge in [-0.3, -0.25) is 9.78 Å². The van der Waals surface area contributed by atoms with Crippen molar-refractivity contribution in [1.29, 1.82) is 0 Å². The molecule has 0 aliphatic rings. The van der Waals surface area contributed by atoms with Crippen molar-refractivity contribution in [2.24, 2.45) is 0 Å². The molecule has 1 unspecified atom stereocenters. The third-order valence-electron chi connectivity index (χ3n) is 2.11. The first-order valence-electron chi connectivity index (χ1n) is 5.17. The van der Waals surface area contributed by atoms with Crippen molar-refractivity contribution >= 4 is 5.91 Å². The quantitative estimate of drug-likeness (QED) is 0.607. The fourth-order valence-corrected chi connectivity index (χ4v) is 1.19. The average molecular weight is 224 g/mol. The van der Waals surface area contributed by atoms with Gasteiger partial charge < -0.3 is 15.5 Å². The molecule has 16 heavy (non-hydrogen) atoms. The summed E-state index contributed by atoms with van der Waals surface area (Å²) in [5.41, 5.74) is 1.00. The molecule has 0 spiro atoms. The molecule has 3 N–H and O–H groups in total. The molecular formula is C11H16N2O3. The highest BCUT2D eigenvalue weighted by Crippen LogP contribution is 1.99. The summed E-state index contributed by atoms with van der Waals surface area (Å²) >= 11 is 0. The minimum absolute atomic E-state index is 0.0857. The maximum atomic E-state index is 11.3. The summed E-state index contributed by atoms with van der Waals surface area (Å²) < 4.78 is 0. The molecular weight excluding hydrogens is 208 g/mol. The Morgan fingerprint density at radius 1 is 1.56 bits per heavy atom. The lowest BCUT2D eigenvalue weighted by atomic mass is 10.1. The predicted molar refractivity (Wildman–Crippen MR) is 58.7 cm³/mol. The number of aliphatic hydroxyl groups is 2. The van der Waals surface area contributed by atoms with E-state index in [0.29, 0.717) is 12.8 Å². The number of carbonyl (C=O) groups is 1. The van der Waals surface area contributed by atoms with Crippen LogP contribution >= 0.6 is 0 Å². The van der Waals surface area contributed by atoms with E-state index in [9.17, 15) is 4.79 Å². The Kier molecular flexibility index (Phi) is 5.45. The van der Waals surface area contributed by atoms with Crippen molar-refractivity contribution in [3.8, 4) is 0 Å². The highest BCUT2D eigenvalue weighted by molar-refractivity contribution is 5.76. The number of nitrogens with zero attached hydrogens (tertiary/aromatic N) is 1. The van der Waals surface area contributed by atoms with E-state index in [1.165, 1.54) is 0 Å². The fourth-order valence-electron chi connectivity index (χ4n) is 1.19. The highest BCUT2D eigenvalue weighted by Gasteiger charge is 2.05. The molecule has 0 bridgehead atoms. The van der Waals surface area contributed by atoms with Crippen LogP contribution in [0.2, 0.25) is 0 Å². The third-order valence-corrected chi connectivity index (χ3v) is 2.11. The minimum Gasteiger partial charge on any atom is -0.394 e. The van der Waals surface area contributed by atoms with Gasteiger partial charge in [-0.2, -0.15) is 0 Å². The minimum atomic E-state index is -0.887. The molecule has 5 heteroatoms. The topological polar surface area (TPSA) is 82.5 Å². The van der Waals surface area contributed by atoms with E-state index in [1.807, 2.05) is 12.1 Å². The lowest BCUT2D eigenvalue weighted by molar-refractivity contribution is -0.121. The molecule has 0 saturated heterocycles. The van der Waals surface area contributed by atoms with Gasteiger partial charge in [0.15, 0.2) is 0 Å². The number of hydrogen-bond acceptors (Lipinski definition) is 4. The summed E-state index contributed by atoms with van der Waals surface area (Å²) in [4.78, 5) is 15.3. The van der Waals surface area contributed by atoms with Gasteiger partial charge in [0.25, 0.3) is 0 Å². The number of amides is 1. The molecule has 0 radical (unpaired) electrons. The Bertz CT molecular complexity index is 316. The second-order valence-electron chi connectivity index (χ2n) is 3.50. The lowest BCUT2D eigenvalue weighted by Crippen LogP contribution is -2.33. The fraction of sp³-hybridized carbons (Fsp3) is 0.455. The largest absolute Gasteiger partial charge is 0.394 e. The zero-order valence-electron chi connectivity index (χ0n) is 8.97. The smallest absolute Gasteiger partial charge is 0.220 e. The summed E-state index contributed by atoms with van der Waals surface area (Å²) in [5, 5.41) is 20.1. The molecule has 1 aromatic rings. The third kappa shape index (κ3) is 4.86. The van der Waals surface area contributed by atoms with Gasteiger partial charge in [-0.15, -0.1) is 0 Å². The molecule has 1 rings (SSSR count). The van der Waals surface area contributed by atoms with Crippen LogP contribution in [0.3, 0.4) is 0 Å². The summed E-state index contributed by atoms with van der Waals surface area (Å²) in [7, 11) is 0. The molecule has 5 nitrogen and oxygen atoms in total. The van der Waals surface area contributed by atoms with Crippen molar-refractivity contribution in [1.82, 2.24) is 10.3 Å². The van der Waals surface area contributed by atoms with Gasteiger partial charge in [-0.1, -0.05) is 6.07 Å². The standard InChI is InChI=1S/C11H16N2O3/c14-8-10(15)7-13-11(16)4-3-9-2-1-5-12-6-9/h1-2,5-6,10,14-15H,3-4,7-8H2,(H,13,16).